The van der Waals surface area contributed by atoms with Gasteiger partial charge in [0.25, 0.3) is 0 Å². The molecule has 1 aliphatic heterocycles. The van der Waals surface area contributed by atoms with E-state index in [9.17, 15) is 0 Å². The average Bonchev–Trinajstić information content (AvgIpc) is 2.46. The summed E-state index contributed by atoms with van der Waals surface area (Å²) >= 11 is 16.0. The minimum Gasteiger partial charge on any atom is -0.384 e. The topological polar surface area (TPSA) is 34.2 Å². The fraction of sp³-hybridized carbons (Fsp3) is 0.357. The van der Waals surface area contributed by atoms with Crippen molar-refractivity contribution in [1.82, 2.24) is 4.98 Å². The lowest BCUT2D eigenvalue weighted by Gasteiger charge is -2.22. The van der Waals surface area contributed by atoms with Crippen molar-refractivity contribution in [2.24, 2.45) is 0 Å². The molecular weight excluding hydrogens is 363 g/mol. The number of ether oxygens (including phenoxy) is 1. The van der Waals surface area contributed by atoms with Gasteiger partial charge < -0.3 is 10.1 Å². The molecule has 3 nitrogen and oxygen atoms in total. The lowest BCUT2D eigenvalue weighted by Crippen LogP contribution is -2.15. The number of fused-ring (bicyclic) bond motifs is 2. The molecular formula is C14H13BrCl2N2O. The van der Waals surface area contributed by atoms with Crippen LogP contribution in [0.2, 0.25) is 10.0 Å². The van der Waals surface area contributed by atoms with Crippen LogP contribution in [0.3, 0.4) is 0 Å². The van der Waals surface area contributed by atoms with Gasteiger partial charge in [0.15, 0.2) is 0 Å². The number of hydrogen-bond donors (Lipinski definition) is 1. The van der Waals surface area contributed by atoms with Crippen LogP contribution in [-0.2, 0) is 17.8 Å². The molecule has 1 N–H and O–H groups in total. The SMILES string of the molecule is CCNc1c2c(nc3c(Cl)c(Cl)c(Br)cc13)CCOC2. The Hall–Kier alpha value is -0.550. The van der Waals surface area contributed by atoms with E-state index >= 15 is 0 Å². The second-order valence-electron chi connectivity index (χ2n) is 4.63. The van der Waals surface area contributed by atoms with E-state index < -0.39 is 0 Å². The van der Waals surface area contributed by atoms with Crippen molar-refractivity contribution in [3.8, 4) is 0 Å². The van der Waals surface area contributed by atoms with Crippen LogP contribution in [0.1, 0.15) is 18.2 Å². The smallest absolute Gasteiger partial charge is 0.0928 e. The summed E-state index contributed by atoms with van der Waals surface area (Å²) in [6.07, 6.45) is 0.799. The second-order valence-corrected chi connectivity index (χ2v) is 6.24. The van der Waals surface area contributed by atoms with E-state index in [0.29, 0.717) is 23.3 Å². The minimum atomic E-state index is 0.490. The van der Waals surface area contributed by atoms with Crippen molar-refractivity contribution in [2.45, 2.75) is 20.0 Å². The molecule has 0 spiro atoms. The quantitative estimate of drug-likeness (QED) is 0.765. The molecule has 3 rings (SSSR count). The maximum absolute atomic E-state index is 6.36. The third kappa shape index (κ3) is 2.29. The molecule has 0 fully saturated rings. The highest BCUT2D eigenvalue weighted by Crippen LogP contribution is 2.41. The molecule has 0 radical (unpaired) electrons. The van der Waals surface area contributed by atoms with Gasteiger partial charge in [-0.25, -0.2) is 0 Å². The van der Waals surface area contributed by atoms with E-state index in [1.54, 1.807) is 0 Å². The van der Waals surface area contributed by atoms with Crippen LogP contribution in [0.5, 0.6) is 0 Å². The van der Waals surface area contributed by atoms with Crippen LogP contribution in [0.15, 0.2) is 10.5 Å². The summed E-state index contributed by atoms with van der Waals surface area (Å²) < 4.78 is 6.34. The lowest BCUT2D eigenvalue weighted by atomic mass is 10.0. The molecule has 2 heterocycles. The van der Waals surface area contributed by atoms with Crippen molar-refractivity contribution in [3.63, 3.8) is 0 Å². The molecule has 0 bridgehead atoms. The maximum atomic E-state index is 6.36. The molecule has 0 saturated heterocycles. The zero-order valence-corrected chi connectivity index (χ0v) is 14.0. The highest BCUT2D eigenvalue weighted by molar-refractivity contribution is 9.10. The first-order valence-electron chi connectivity index (χ1n) is 6.44. The van der Waals surface area contributed by atoms with Gasteiger partial charge in [-0.05, 0) is 28.9 Å². The van der Waals surface area contributed by atoms with Crippen molar-refractivity contribution in [3.05, 3.63) is 31.8 Å². The molecule has 1 aromatic heterocycles. The normalized spacial score (nSPS) is 14.4. The maximum Gasteiger partial charge on any atom is 0.0928 e. The number of benzene rings is 1. The van der Waals surface area contributed by atoms with Crippen molar-refractivity contribution in [1.29, 1.82) is 0 Å². The summed E-state index contributed by atoms with van der Waals surface area (Å²) in [5.41, 5.74) is 3.96. The number of aromatic nitrogens is 1. The Kier molecular flexibility index (Phi) is 4.09. The molecule has 0 unspecified atom stereocenters. The van der Waals surface area contributed by atoms with Crippen LogP contribution in [0.4, 0.5) is 5.69 Å². The molecule has 106 valence electrons. The fourth-order valence-electron chi connectivity index (χ4n) is 2.48. The molecule has 0 saturated carbocycles. The third-order valence-electron chi connectivity index (χ3n) is 3.39. The monoisotopic (exact) mass is 374 g/mol. The summed E-state index contributed by atoms with van der Waals surface area (Å²) in [6, 6.07) is 1.96. The number of nitrogens with one attached hydrogen (secondary N) is 1. The Labute approximate surface area is 135 Å². The van der Waals surface area contributed by atoms with E-state index in [1.807, 2.05) is 6.07 Å². The number of anilines is 1. The Morgan fingerprint density at radius 1 is 1.40 bits per heavy atom. The van der Waals surface area contributed by atoms with Gasteiger partial charge in [-0.1, -0.05) is 23.2 Å². The minimum absolute atomic E-state index is 0.490. The van der Waals surface area contributed by atoms with E-state index in [2.05, 4.69) is 28.2 Å². The standard InChI is InChI=1S/C14H13BrCl2N2O/c1-2-18-13-7-5-9(15)11(16)12(17)14(7)19-10-3-4-20-6-8(10)13/h5H,2-4,6H2,1H3,(H,18,19). The van der Waals surface area contributed by atoms with Gasteiger partial charge in [0.05, 0.1) is 40.2 Å². The zero-order valence-electron chi connectivity index (χ0n) is 10.9. The first-order valence-corrected chi connectivity index (χ1v) is 7.99. The molecule has 6 heteroatoms. The zero-order chi connectivity index (χ0) is 14.3. The van der Waals surface area contributed by atoms with Crippen LogP contribution in [-0.4, -0.2) is 18.1 Å². The molecule has 0 atom stereocenters. The summed E-state index contributed by atoms with van der Waals surface area (Å²) in [7, 11) is 0. The van der Waals surface area contributed by atoms with Crippen LogP contribution < -0.4 is 5.32 Å². The summed E-state index contributed by atoms with van der Waals surface area (Å²) in [5, 5.41) is 5.37. The average molecular weight is 376 g/mol. The number of hydrogen-bond acceptors (Lipinski definition) is 3. The highest BCUT2D eigenvalue weighted by Gasteiger charge is 2.21. The molecule has 2 aromatic rings. The van der Waals surface area contributed by atoms with Gasteiger partial charge in [-0.15, -0.1) is 0 Å². The van der Waals surface area contributed by atoms with Gasteiger partial charge in [0, 0.05) is 28.4 Å². The van der Waals surface area contributed by atoms with Crippen molar-refractivity contribution < 1.29 is 4.74 Å². The lowest BCUT2D eigenvalue weighted by molar-refractivity contribution is 0.110. The van der Waals surface area contributed by atoms with Crippen molar-refractivity contribution in [2.75, 3.05) is 18.5 Å². The number of nitrogens with zero attached hydrogens (tertiary/aromatic N) is 1. The van der Waals surface area contributed by atoms with Crippen molar-refractivity contribution >= 4 is 55.7 Å². The van der Waals surface area contributed by atoms with Gasteiger partial charge in [0.1, 0.15) is 0 Å². The molecule has 0 amide bonds. The highest BCUT2D eigenvalue weighted by atomic mass is 79.9. The largest absolute Gasteiger partial charge is 0.384 e. The first kappa shape index (κ1) is 14.4. The summed E-state index contributed by atoms with van der Waals surface area (Å²) in [4.78, 5) is 4.70. The fourth-order valence-corrected chi connectivity index (χ4v) is 3.41. The molecule has 20 heavy (non-hydrogen) atoms. The van der Waals surface area contributed by atoms with E-state index in [1.165, 1.54) is 0 Å². The summed E-state index contributed by atoms with van der Waals surface area (Å²) in [6.45, 7) is 4.16. The number of halogens is 3. The molecule has 1 aliphatic rings. The summed E-state index contributed by atoms with van der Waals surface area (Å²) in [5.74, 6) is 0. The Morgan fingerprint density at radius 3 is 2.95 bits per heavy atom. The Morgan fingerprint density at radius 2 is 2.20 bits per heavy atom. The number of pyridine rings is 1. The van der Waals surface area contributed by atoms with Gasteiger partial charge >= 0.3 is 0 Å². The van der Waals surface area contributed by atoms with Gasteiger partial charge in [-0.2, -0.15) is 0 Å². The predicted octanol–water partition coefficient (Wildman–Crippen LogP) is 4.81. The molecule has 1 aromatic carbocycles. The molecule has 0 aliphatic carbocycles. The Bertz CT molecular complexity index is 691. The Balaban J connectivity index is 2.39. The van der Waals surface area contributed by atoms with E-state index in [4.69, 9.17) is 32.9 Å². The number of rotatable bonds is 2. The van der Waals surface area contributed by atoms with Crippen LogP contribution in [0.25, 0.3) is 10.9 Å². The van der Waals surface area contributed by atoms with E-state index in [-0.39, 0.29) is 0 Å². The van der Waals surface area contributed by atoms with Crippen LogP contribution in [0, 0.1) is 0 Å². The first-order chi connectivity index (χ1) is 9.63. The predicted molar refractivity (Wildman–Crippen MR) is 87.0 cm³/mol. The van der Waals surface area contributed by atoms with Gasteiger partial charge in [-0.3, -0.25) is 4.98 Å². The van der Waals surface area contributed by atoms with Crippen LogP contribution >= 0.6 is 39.1 Å². The second kappa shape index (κ2) is 5.68. The third-order valence-corrected chi connectivity index (χ3v) is 5.10. The van der Waals surface area contributed by atoms with E-state index in [0.717, 1.165) is 45.3 Å². The van der Waals surface area contributed by atoms with Gasteiger partial charge in [0.2, 0.25) is 0 Å².